The molecule has 2 nitrogen and oxygen atoms in total. The minimum absolute atomic E-state index is 0.401. The molecule has 0 spiro atoms. The molecule has 2 saturated heterocycles. The van der Waals surface area contributed by atoms with Crippen LogP contribution < -0.4 is 0 Å². The van der Waals surface area contributed by atoms with Crippen LogP contribution in [0.3, 0.4) is 0 Å². The van der Waals surface area contributed by atoms with Crippen molar-refractivity contribution in [3.63, 3.8) is 0 Å². The van der Waals surface area contributed by atoms with E-state index in [0.29, 0.717) is 12.1 Å². The van der Waals surface area contributed by atoms with Gasteiger partial charge in [-0.1, -0.05) is 53.9 Å². The molecule has 0 saturated carbocycles. The maximum absolute atomic E-state index is 10.7. The highest BCUT2D eigenvalue weighted by Crippen LogP contribution is 2.62. The van der Waals surface area contributed by atoms with E-state index in [2.05, 4.69) is 58.8 Å². The molecule has 2 fully saturated rings. The zero-order chi connectivity index (χ0) is 10.1. The van der Waals surface area contributed by atoms with Gasteiger partial charge >= 0.3 is 0 Å². The van der Waals surface area contributed by atoms with E-state index in [9.17, 15) is 5.11 Å². The van der Waals surface area contributed by atoms with Crippen LogP contribution in [-0.2, 0) is 0 Å². The molecule has 0 unspecified atom stereocenters. The second-order valence-electron chi connectivity index (χ2n) is 4.30. The molecular formula is C9H10Br3NO. The SMILES string of the molecule is O[C@@]12C(Br)=C[C@H]3CC[C@@H](CC1(Br)Br)N32. The third kappa shape index (κ3) is 0.986. The third-order valence-corrected chi connectivity index (χ3v) is 6.16. The second-order valence-corrected chi connectivity index (χ2v) is 8.93. The Morgan fingerprint density at radius 3 is 2.86 bits per heavy atom. The first-order chi connectivity index (χ1) is 6.47. The highest BCUT2D eigenvalue weighted by Gasteiger charge is 2.67. The molecule has 3 heterocycles. The average molecular weight is 388 g/mol. The van der Waals surface area contributed by atoms with E-state index in [0.717, 1.165) is 17.3 Å². The highest BCUT2D eigenvalue weighted by atomic mass is 79.9. The van der Waals surface area contributed by atoms with Gasteiger partial charge in [0.15, 0.2) is 5.72 Å². The van der Waals surface area contributed by atoms with E-state index in [1.54, 1.807) is 0 Å². The van der Waals surface area contributed by atoms with Crippen LogP contribution >= 0.6 is 47.8 Å². The normalized spacial score (nSPS) is 49.6. The van der Waals surface area contributed by atoms with Gasteiger partial charge in [0.25, 0.3) is 0 Å². The first-order valence-corrected chi connectivity index (χ1v) is 7.11. The summed E-state index contributed by atoms with van der Waals surface area (Å²) in [4.78, 5) is 2.22. The number of alkyl halides is 2. The predicted octanol–water partition coefficient (Wildman–Crippen LogP) is 2.69. The Bertz CT molecular complexity index is 330. The summed E-state index contributed by atoms with van der Waals surface area (Å²) in [7, 11) is 0. The number of halogens is 3. The second kappa shape index (κ2) is 2.86. The largest absolute Gasteiger partial charge is 0.369 e. The molecule has 0 radical (unpaired) electrons. The Kier molecular flexibility index (Phi) is 2.10. The first-order valence-electron chi connectivity index (χ1n) is 4.73. The van der Waals surface area contributed by atoms with Crippen LogP contribution in [0.15, 0.2) is 10.6 Å². The molecule has 5 heteroatoms. The molecule has 3 rings (SSSR count). The van der Waals surface area contributed by atoms with E-state index < -0.39 is 8.96 Å². The molecule has 0 aromatic carbocycles. The molecule has 3 aliphatic heterocycles. The molecule has 0 aliphatic carbocycles. The minimum Gasteiger partial charge on any atom is -0.369 e. The average Bonchev–Trinajstić information content (AvgIpc) is 2.61. The summed E-state index contributed by atoms with van der Waals surface area (Å²) < 4.78 is 0.494. The number of rotatable bonds is 0. The minimum atomic E-state index is -0.890. The van der Waals surface area contributed by atoms with Crippen LogP contribution in [0.5, 0.6) is 0 Å². The molecule has 14 heavy (non-hydrogen) atoms. The standard InChI is InChI=1S/C9H10Br3NO/c10-7-3-5-1-2-6-4-8(11,12)9(7,14)13(5)6/h3,5-6,14H,1-2,4H2/t5-,6+,9+/m1/s1. The highest BCUT2D eigenvalue weighted by molar-refractivity contribution is 9.25. The van der Waals surface area contributed by atoms with Gasteiger partial charge < -0.3 is 5.11 Å². The number of hydrogen-bond acceptors (Lipinski definition) is 2. The molecule has 3 aliphatic rings. The van der Waals surface area contributed by atoms with Crippen molar-refractivity contribution >= 4 is 47.8 Å². The Morgan fingerprint density at radius 2 is 2.14 bits per heavy atom. The van der Waals surface area contributed by atoms with E-state index in [4.69, 9.17) is 0 Å². The Morgan fingerprint density at radius 1 is 1.43 bits per heavy atom. The van der Waals surface area contributed by atoms with Gasteiger partial charge in [-0.05, 0) is 19.3 Å². The molecular weight excluding hydrogens is 378 g/mol. The summed E-state index contributed by atoms with van der Waals surface area (Å²) in [6.45, 7) is 0. The summed E-state index contributed by atoms with van der Waals surface area (Å²) >= 11 is 10.7. The fourth-order valence-electron chi connectivity index (χ4n) is 2.99. The van der Waals surface area contributed by atoms with Gasteiger partial charge in [-0.25, -0.2) is 0 Å². The van der Waals surface area contributed by atoms with E-state index in [1.165, 1.54) is 6.42 Å². The summed E-state index contributed by atoms with van der Waals surface area (Å²) in [5.41, 5.74) is -0.890. The third-order valence-electron chi connectivity index (χ3n) is 3.59. The number of hydrogen-bond donors (Lipinski definition) is 1. The summed E-state index contributed by atoms with van der Waals surface area (Å²) in [6, 6.07) is 0.909. The van der Waals surface area contributed by atoms with Crippen LogP contribution in [0.4, 0.5) is 0 Å². The van der Waals surface area contributed by atoms with Gasteiger partial charge in [-0.15, -0.1) is 0 Å². The van der Waals surface area contributed by atoms with Crippen LogP contribution in [-0.4, -0.2) is 31.0 Å². The summed E-state index contributed by atoms with van der Waals surface area (Å²) in [5, 5.41) is 10.7. The molecule has 78 valence electrons. The van der Waals surface area contributed by atoms with Crippen molar-refractivity contribution in [3.05, 3.63) is 10.6 Å². The molecule has 1 N–H and O–H groups in total. The lowest BCUT2D eigenvalue weighted by molar-refractivity contribution is -0.0413. The van der Waals surface area contributed by atoms with Crippen molar-refractivity contribution in [3.8, 4) is 0 Å². The molecule has 0 aromatic heterocycles. The van der Waals surface area contributed by atoms with Gasteiger partial charge in [0.1, 0.15) is 3.23 Å². The van der Waals surface area contributed by atoms with Crippen LogP contribution in [0, 0.1) is 0 Å². The lowest BCUT2D eigenvalue weighted by Crippen LogP contribution is -2.51. The number of aliphatic hydroxyl groups is 1. The van der Waals surface area contributed by atoms with E-state index in [1.807, 2.05) is 0 Å². The van der Waals surface area contributed by atoms with Crippen molar-refractivity contribution in [2.24, 2.45) is 0 Å². The quantitative estimate of drug-likeness (QED) is 0.646. The lowest BCUT2D eigenvalue weighted by Gasteiger charge is -2.36. The van der Waals surface area contributed by atoms with Gasteiger partial charge in [0.2, 0.25) is 0 Å². The Labute approximate surface area is 108 Å². The Balaban J connectivity index is 2.14. The predicted molar refractivity (Wildman–Crippen MR) is 65.8 cm³/mol. The maximum Gasteiger partial charge on any atom is 0.177 e. The van der Waals surface area contributed by atoms with E-state index in [-0.39, 0.29) is 0 Å². The van der Waals surface area contributed by atoms with Crippen molar-refractivity contribution in [2.75, 3.05) is 0 Å². The maximum atomic E-state index is 10.7. The monoisotopic (exact) mass is 385 g/mol. The molecule has 0 amide bonds. The molecule has 0 aromatic rings. The van der Waals surface area contributed by atoms with E-state index >= 15 is 0 Å². The van der Waals surface area contributed by atoms with Gasteiger partial charge in [-0.2, -0.15) is 0 Å². The van der Waals surface area contributed by atoms with Crippen molar-refractivity contribution in [2.45, 2.75) is 40.3 Å². The van der Waals surface area contributed by atoms with Crippen LogP contribution in [0.1, 0.15) is 19.3 Å². The lowest BCUT2D eigenvalue weighted by atomic mass is 10.1. The van der Waals surface area contributed by atoms with Crippen molar-refractivity contribution in [1.29, 1.82) is 0 Å². The van der Waals surface area contributed by atoms with Gasteiger partial charge in [0.05, 0.1) is 0 Å². The zero-order valence-corrected chi connectivity index (χ0v) is 12.1. The number of nitrogens with zero attached hydrogens (tertiary/aromatic N) is 1. The molecule has 3 atom stereocenters. The van der Waals surface area contributed by atoms with Gasteiger partial charge in [0, 0.05) is 16.6 Å². The summed E-state index contributed by atoms with van der Waals surface area (Å²) in [5.74, 6) is 0. The topological polar surface area (TPSA) is 23.5 Å². The van der Waals surface area contributed by atoms with Gasteiger partial charge in [-0.3, -0.25) is 4.90 Å². The van der Waals surface area contributed by atoms with Crippen molar-refractivity contribution in [1.82, 2.24) is 4.90 Å². The zero-order valence-electron chi connectivity index (χ0n) is 7.38. The fraction of sp³-hybridized carbons (Fsp3) is 0.778. The molecule has 0 bridgehead atoms. The first kappa shape index (κ1) is 10.3. The fourth-order valence-corrected chi connectivity index (χ4v) is 5.96. The smallest absolute Gasteiger partial charge is 0.177 e. The van der Waals surface area contributed by atoms with Crippen molar-refractivity contribution < 1.29 is 5.11 Å². The summed E-state index contributed by atoms with van der Waals surface area (Å²) in [6.07, 6.45) is 5.43. The van der Waals surface area contributed by atoms with Crippen LogP contribution in [0.2, 0.25) is 0 Å². The van der Waals surface area contributed by atoms with Crippen LogP contribution in [0.25, 0.3) is 0 Å². The Hall–Kier alpha value is 1.10.